The summed E-state index contributed by atoms with van der Waals surface area (Å²) in [5.41, 5.74) is 1.31. The molecule has 2 rings (SSSR count). The van der Waals surface area contributed by atoms with Crippen molar-refractivity contribution >= 4 is 5.97 Å². The van der Waals surface area contributed by atoms with Crippen LogP contribution in [0.25, 0.3) is 0 Å². The van der Waals surface area contributed by atoms with Crippen LogP contribution in [0, 0.1) is 0 Å². The molecular formula is C23H36O4. The molecule has 1 aromatic rings. The van der Waals surface area contributed by atoms with E-state index in [1.54, 1.807) is 13.2 Å². The first-order valence-corrected chi connectivity index (χ1v) is 10.7. The predicted molar refractivity (Wildman–Crippen MR) is 109 cm³/mol. The van der Waals surface area contributed by atoms with E-state index >= 15 is 0 Å². The van der Waals surface area contributed by atoms with E-state index in [4.69, 9.17) is 9.47 Å². The molecule has 0 bridgehead atoms. The van der Waals surface area contributed by atoms with Gasteiger partial charge in [0.25, 0.3) is 0 Å². The molecule has 0 amide bonds. The number of rotatable bonds is 13. The van der Waals surface area contributed by atoms with Crippen molar-refractivity contribution in [2.24, 2.45) is 0 Å². The van der Waals surface area contributed by atoms with E-state index in [1.807, 2.05) is 6.07 Å². The second kappa shape index (κ2) is 11.2. The zero-order valence-corrected chi connectivity index (χ0v) is 17.3. The van der Waals surface area contributed by atoms with E-state index in [0.717, 1.165) is 37.7 Å². The summed E-state index contributed by atoms with van der Waals surface area (Å²) >= 11 is 0. The molecule has 1 N–H and O–H groups in total. The summed E-state index contributed by atoms with van der Waals surface area (Å²) in [7, 11) is 1.54. The average molecular weight is 377 g/mol. The molecule has 0 saturated heterocycles. The first kappa shape index (κ1) is 21.6. The van der Waals surface area contributed by atoms with Gasteiger partial charge in [-0.05, 0) is 44.1 Å². The number of carboxylic acids is 1. The molecule has 1 aliphatic rings. The highest BCUT2D eigenvalue weighted by Gasteiger charge is 2.28. The third-order valence-electron chi connectivity index (χ3n) is 5.65. The molecule has 4 nitrogen and oxygen atoms in total. The first-order valence-electron chi connectivity index (χ1n) is 10.7. The zero-order chi connectivity index (χ0) is 19.6. The minimum atomic E-state index is -0.969. The second-order valence-corrected chi connectivity index (χ2v) is 7.73. The fourth-order valence-corrected chi connectivity index (χ4v) is 3.85. The van der Waals surface area contributed by atoms with Crippen LogP contribution in [0.5, 0.6) is 11.5 Å². The van der Waals surface area contributed by atoms with Crippen molar-refractivity contribution in [2.45, 2.75) is 96.5 Å². The summed E-state index contributed by atoms with van der Waals surface area (Å²) in [5.74, 6) is 0.486. The molecule has 1 fully saturated rings. The Morgan fingerprint density at radius 1 is 1.07 bits per heavy atom. The van der Waals surface area contributed by atoms with E-state index in [1.165, 1.54) is 38.5 Å². The van der Waals surface area contributed by atoms with Crippen molar-refractivity contribution in [3.63, 3.8) is 0 Å². The Bertz CT molecular complexity index is 592. The number of unbranched alkanes of at least 4 members (excludes halogenated alkanes) is 4. The maximum absolute atomic E-state index is 11.6. The van der Waals surface area contributed by atoms with Crippen LogP contribution in [0.1, 0.15) is 106 Å². The Morgan fingerprint density at radius 2 is 1.81 bits per heavy atom. The van der Waals surface area contributed by atoms with Crippen molar-refractivity contribution < 1.29 is 19.4 Å². The van der Waals surface area contributed by atoms with Crippen LogP contribution in [-0.4, -0.2) is 24.3 Å². The van der Waals surface area contributed by atoms with E-state index < -0.39 is 5.97 Å². The van der Waals surface area contributed by atoms with Gasteiger partial charge >= 0.3 is 5.97 Å². The highest BCUT2D eigenvalue weighted by atomic mass is 16.5. The van der Waals surface area contributed by atoms with Crippen LogP contribution >= 0.6 is 0 Å². The molecule has 1 saturated carbocycles. The van der Waals surface area contributed by atoms with Gasteiger partial charge in [-0.3, -0.25) is 0 Å². The fourth-order valence-electron chi connectivity index (χ4n) is 3.85. The minimum Gasteiger partial charge on any atom is -0.492 e. The molecule has 1 unspecified atom stereocenters. The van der Waals surface area contributed by atoms with Gasteiger partial charge < -0.3 is 14.6 Å². The molecule has 1 aliphatic carbocycles. The molecule has 152 valence electrons. The summed E-state index contributed by atoms with van der Waals surface area (Å²) in [6, 6.07) is 3.65. The Hall–Kier alpha value is -1.71. The molecule has 4 heteroatoms. The first-order chi connectivity index (χ1) is 13.1. The Kier molecular flexibility index (Phi) is 8.96. The quantitative estimate of drug-likeness (QED) is 0.396. The number of ether oxygens (including phenoxy) is 2. The average Bonchev–Trinajstić information content (AvgIpc) is 2.62. The smallest absolute Gasteiger partial charge is 0.339 e. The summed E-state index contributed by atoms with van der Waals surface area (Å²) < 4.78 is 11.8. The lowest BCUT2D eigenvalue weighted by Gasteiger charge is -2.30. The highest BCUT2D eigenvalue weighted by Crippen LogP contribution is 2.43. The van der Waals surface area contributed by atoms with Gasteiger partial charge in [-0.2, -0.15) is 0 Å². The zero-order valence-electron chi connectivity index (χ0n) is 17.3. The van der Waals surface area contributed by atoms with Crippen LogP contribution in [0.2, 0.25) is 0 Å². The van der Waals surface area contributed by atoms with E-state index in [9.17, 15) is 9.90 Å². The van der Waals surface area contributed by atoms with Gasteiger partial charge in [-0.1, -0.05) is 58.4 Å². The van der Waals surface area contributed by atoms with Gasteiger partial charge in [0.1, 0.15) is 5.56 Å². The van der Waals surface area contributed by atoms with E-state index in [0.29, 0.717) is 17.4 Å². The summed E-state index contributed by atoms with van der Waals surface area (Å²) in [6.45, 7) is 4.44. The van der Waals surface area contributed by atoms with Crippen LogP contribution in [0.3, 0.4) is 0 Å². The van der Waals surface area contributed by atoms with Crippen LogP contribution < -0.4 is 9.47 Å². The number of carbonyl (C=O) groups is 1. The van der Waals surface area contributed by atoms with E-state index in [2.05, 4.69) is 13.8 Å². The molecule has 0 aromatic heterocycles. The third-order valence-corrected chi connectivity index (χ3v) is 5.65. The predicted octanol–water partition coefficient (Wildman–Crippen LogP) is 6.57. The van der Waals surface area contributed by atoms with Crippen molar-refractivity contribution in [1.82, 2.24) is 0 Å². The Balaban J connectivity index is 2.27. The lowest BCUT2D eigenvalue weighted by Crippen LogP contribution is -2.26. The van der Waals surface area contributed by atoms with Gasteiger partial charge in [0.2, 0.25) is 0 Å². The molecule has 0 heterocycles. The van der Waals surface area contributed by atoms with Crippen molar-refractivity contribution in [3.05, 3.63) is 23.3 Å². The van der Waals surface area contributed by atoms with Crippen LogP contribution in [-0.2, 0) is 0 Å². The molecule has 1 aromatic carbocycles. The Labute approximate surface area is 164 Å². The van der Waals surface area contributed by atoms with Crippen molar-refractivity contribution in [1.29, 1.82) is 0 Å². The number of carboxylic acid groups (broad SMARTS) is 1. The normalized spacial score (nSPS) is 15.2. The molecular weight excluding hydrogens is 340 g/mol. The molecule has 27 heavy (non-hydrogen) atoms. The number of benzene rings is 1. The van der Waals surface area contributed by atoms with Gasteiger partial charge in [-0.15, -0.1) is 0 Å². The van der Waals surface area contributed by atoms with Gasteiger partial charge in [-0.25, -0.2) is 4.79 Å². The fraction of sp³-hybridized carbons (Fsp3) is 0.696. The van der Waals surface area contributed by atoms with Crippen molar-refractivity contribution in [2.75, 3.05) is 7.11 Å². The standard InChI is InChI=1S/C23H36O4/c1-4-6-7-8-9-12-17(11-5-2)19-15-16-20(23(24)25)21(26-3)22(19)27-18-13-10-14-18/h15-18H,4-14H2,1-3H3,(H,24,25). The lowest BCUT2D eigenvalue weighted by atomic mass is 9.87. The second-order valence-electron chi connectivity index (χ2n) is 7.73. The van der Waals surface area contributed by atoms with Crippen molar-refractivity contribution in [3.8, 4) is 11.5 Å². The largest absolute Gasteiger partial charge is 0.492 e. The monoisotopic (exact) mass is 376 g/mol. The molecule has 0 aliphatic heterocycles. The summed E-state index contributed by atoms with van der Waals surface area (Å²) in [4.78, 5) is 11.6. The van der Waals surface area contributed by atoms with E-state index in [-0.39, 0.29) is 11.7 Å². The summed E-state index contributed by atoms with van der Waals surface area (Å²) in [5, 5.41) is 9.55. The highest BCUT2D eigenvalue weighted by molar-refractivity contribution is 5.92. The maximum atomic E-state index is 11.6. The minimum absolute atomic E-state index is 0.188. The molecule has 0 spiro atoms. The number of hydrogen-bond donors (Lipinski definition) is 1. The number of methoxy groups -OCH3 is 1. The molecule has 0 radical (unpaired) electrons. The lowest BCUT2D eigenvalue weighted by molar-refractivity contribution is 0.0689. The topological polar surface area (TPSA) is 55.8 Å². The van der Waals surface area contributed by atoms with Gasteiger partial charge in [0, 0.05) is 5.56 Å². The SMILES string of the molecule is CCCCCCCC(CCC)c1ccc(C(=O)O)c(OC)c1OC1CCC1. The summed E-state index contributed by atoms with van der Waals surface area (Å²) in [6.07, 6.45) is 13.1. The van der Waals surface area contributed by atoms with Crippen LogP contribution in [0.15, 0.2) is 12.1 Å². The Morgan fingerprint density at radius 3 is 2.37 bits per heavy atom. The molecule has 1 atom stereocenters. The third kappa shape index (κ3) is 5.88. The maximum Gasteiger partial charge on any atom is 0.339 e. The van der Waals surface area contributed by atoms with Gasteiger partial charge in [0.05, 0.1) is 13.2 Å². The van der Waals surface area contributed by atoms with Crippen LogP contribution in [0.4, 0.5) is 0 Å². The number of hydrogen-bond acceptors (Lipinski definition) is 3. The number of aromatic carboxylic acids is 1. The van der Waals surface area contributed by atoms with Gasteiger partial charge in [0.15, 0.2) is 11.5 Å².